The van der Waals surface area contributed by atoms with E-state index in [1.807, 2.05) is 20.8 Å². The molecule has 2 saturated carbocycles. The predicted octanol–water partition coefficient (Wildman–Crippen LogP) is 2.48. The number of Topliss-reactive ketones (excluding diaryl/α,β-unsaturated/α-hetero) is 1. The van der Waals surface area contributed by atoms with E-state index in [1.165, 1.54) is 0 Å². The van der Waals surface area contributed by atoms with Gasteiger partial charge in [-0.1, -0.05) is 79.3 Å². The molecule has 2 heterocycles. The molecule has 0 aromatic carbocycles. The largest absolute Gasteiger partial charge is 0.363 e. The second kappa shape index (κ2) is 14.3. The summed E-state index contributed by atoms with van der Waals surface area (Å²) in [6.07, 6.45) is 13.6. The molecule has 5 amide bonds. The molecule has 6 atom stereocenters. The molecular weight excluding hydrogens is 675 g/mol. The summed E-state index contributed by atoms with van der Waals surface area (Å²) in [5.74, 6) is -2.72. The molecule has 2 aliphatic carbocycles. The van der Waals surface area contributed by atoms with Gasteiger partial charge in [-0.2, -0.15) is 0 Å². The zero-order valence-electron chi connectivity index (χ0n) is 26.2. The Bertz CT molecular complexity index is 1170. The average molecular weight is 725 g/mol. The van der Waals surface area contributed by atoms with Crippen LogP contribution in [-0.4, -0.2) is 80.7 Å². The number of nitrogens with zero attached hydrogens (tertiary/aromatic N) is 1. The van der Waals surface area contributed by atoms with Gasteiger partial charge in [-0.15, -0.1) is 6.58 Å². The minimum absolute atomic E-state index is 0.0777. The van der Waals surface area contributed by atoms with E-state index in [0.29, 0.717) is 6.42 Å². The van der Waals surface area contributed by atoms with Crippen LogP contribution in [0.25, 0.3) is 0 Å². The van der Waals surface area contributed by atoms with Gasteiger partial charge in [0.1, 0.15) is 12.1 Å². The van der Waals surface area contributed by atoms with Crippen molar-refractivity contribution in [2.45, 2.75) is 114 Å². The molecule has 4 aliphatic rings. The molecular formula is C32H49IN6O5. The molecule has 12 heteroatoms. The summed E-state index contributed by atoms with van der Waals surface area (Å²) in [6, 6.07) is -3.72. The van der Waals surface area contributed by atoms with Crippen molar-refractivity contribution in [2.75, 3.05) is 11.0 Å². The quantitative estimate of drug-likeness (QED) is 0.0900. The summed E-state index contributed by atoms with van der Waals surface area (Å²) < 4.78 is 0.739. The Labute approximate surface area is 274 Å². The number of hydrogen-bond donors (Lipinski definition) is 5. The summed E-state index contributed by atoms with van der Waals surface area (Å²) in [5.41, 5.74) is 4.30. The van der Waals surface area contributed by atoms with Crippen molar-refractivity contribution in [3.8, 4) is 0 Å². The van der Waals surface area contributed by atoms with Gasteiger partial charge < -0.3 is 31.9 Å². The van der Waals surface area contributed by atoms with Crippen molar-refractivity contribution in [2.24, 2.45) is 23.5 Å². The Kier molecular flexibility index (Phi) is 11.2. The number of carbonyl (C=O) groups excluding carboxylic acids is 5. The number of rotatable bonds is 12. The SMILES string of the molecule is C=CC(C)(C)NC(=O)N[C@H](C(=O)N1CC2C=CC(C)(CI)NC2[C@H]1C(=O)NC(CC1CCC1)C(=O)C(N)=O)C1CCCCC1. The number of carbonyl (C=O) groups is 5. The van der Waals surface area contributed by atoms with Gasteiger partial charge in [0.15, 0.2) is 0 Å². The molecule has 0 radical (unpaired) electrons. The van der Waals surface area contributed by atoms with Crippen LogP contribution in [0, 0.1) is 17.8 Å². The lowest BCUT2D eigenvalue weighted by Crippen LogP contribution is -2.64. The molecule has 3 fully saturated rings. The molecule has 0 bridgehead atoms. The van der Waals surface area contributed by atoms with Crippen LogP contribution in [0.15, 0.2) is 24.8 Å². The van der Waals surface area contributed by atoms with Gasteiger partial charge in [0, 0.05) is 28.5 Å². The van der Waals surface area contributed by atoms with Crippen LogP contribution in [0.4, 0.5) is 4.79 Å². The summed E-state index contributed by atoms with van der Waals surface area (Å²) >= 11 is 2.29. The lowest BCUT2D eigenvalue weighted by atomic mass is 9.80. The minimum atomic E-state index is -1.09. The van der Waals surface area contributed by atoms with Crippen molar-refractivity contribution in [3.05, 3.63) is 24.8 Å². The summed E-state index contributed by atoms with van der Waals surface area (Å²) in [7, 11) is 0. The maximum atomic E-state index is 14.6. The van der Waals surface area contributed by atoms with Gasteiger partial charge in [0.2, 0.25) is 17.6 Å². The molecule has 244 valence electrons. The van der Waals surface area contributed by atoms with Crippen LogP contribution in [0.5, 0.6) is 0 Å². The zero-order chi connectivity index (χ0) is 32.2. The maximum absolute atomic E-state index is 14.6. The van der Waals surface area contributed by atoms with E-state index >= 15 is 0 Å². The van der Waals surface area contributed by atoms with Gasteiger partial charge in [0.25, 0.3) is 5.91 Å². The van der Waals surface area contributed by atoms with Crippen LogP contribution in [0.2, 0.25) is 0 Å². The van der Waals surface area contributed by atoms with Crippen molar-refractivity contribution in [3.63, 3.8) is 0 Å². The lowest BCUT2D eigenvalue weighted by Gasteiger charge is -2.39. The highest BCUT2D eigenvalue weighted by molar-refractivity contribution is 14.1. The predicted molar refractivity (Wildman–Crippen MR) is 177 cm³/mol. The van der Waals surface area contributed by atoms with Crippen LogP contribution in [0.1, 0.15) is 78.6 Å². The second-order valence-electron chi connectivity index (χ2n) is 13.9. The number of nitrogens with one attached hydrogen (secondary N) is 4. The molecule has 4 unspecified atom stereocenters. The Morgan fingerprint density at radius 1 is 1.11 bits per heavy atom. The molecule has 4 rings (SSSR count). The first-order valence-electron chi connectivity index (χ1n) is 16.0. The topological polar surface area (TPSA) is 163 Å². The number of hydrogen-bond acceptors (Lipinski definition) is 6. The van der Waals surface area contributed by atoms with Gasteiger partial charge in [0.05, 0.1) is 11.6 Å². The molecule has 6 N–H and O–H groups in total. The van der Waals surface area contributed by atoms with Gasteiger partial charge >= 0.3 is 6.03 Å². The highest BCUT2D eigenvalue weighted by atomic mass is 127. The highest BCUT2D eigenvalue weighted by Crippen LogP contribution is 2.35. The smallest absolute Gasteiger partial charge is 0.316 e. The molecule has 11 nitrogen and oxygen atoms in total. The normalized spacial score (nSPS) is 28.6. The first-order valence-corrected chi connectivity index (χ1v) is 17.5. The Balaban J connectivity index is 1.65. The first kappa shape index (κ1) is 34.4. The van der Waals surface area contributed by atoms with Crippen LogP contribution < -0.4 is 27.0 Å². The fourth-order valence-electron chi connectivity index (χ4n) is 6.90. The van der Waals surface area contributed by atoms with E-state index in [2.05, 4.69) is 62.6 Å². The fraction of sp³-hybridized carbons (Fsp3) is 0.719. The number of alkyl halides is 1. The molecule has 0 aromatic rings. The maximum Gasteiger partial charge on any atom is 0.316 e. The van der Waals surface area contributed by atoms with Crippen molar-refractivity contribution >= 4 is 52.1 Å². The second-order valence-corrected chi connectivity index (χ2v) is 14.7. The number of fused-ring (bicyclic) bond motifs is 1. The van der Waals surface area contributed by atoms with Crippen molar-refractivity contribution in [1.29, 1.82) is 0 Å². The van der Waals surface area contributed by atoms with E-state index in [4.69, 9.17) is 5.73 Å². The molecule has 0 spiro atoms. The van der Waals surface area contributed by atoms with E-state index in [-0.39, 0.29) is 30.2 Å². The van der Waals surface area contributed by atoms with Gasteiger partial charge in [-0.05, 0) is 51.9 Å². The number of urea groups is 1. The summed E-state index contributed by atoms with van der Waals surface area (Å²) in [6.45, 7) is 9.74. The zero-order valence-corrected chi connectivity index (χ0v) is 28.4. The molecule has 2 aliphatic heterocycles. The van der Waals surface area contributed by atoms with E-state index in [0.717, 1.165) is 55.8 Å². The molecule has 0 aromatic heterocycles. The van der Waals surface area contributed by atoms with Crippen molar-refractivity contribution < 1.29 is 24.0 Å². The number of ketones is 1. The Morgan fingerprint density at radius 3 is 2.36 bits per heavy atom. The van der Waals surface area contributed by atoms with Crippen LogP contribution >= 0.6 is 22.6 Å². The number of nitrogens with two attached hydrogens (primary N) is 1. The number of primary amides is 1. The number of likely N-dealkylation sites (tertiary alicyclic amines) is 1. The van der Waals surface area contributed by atoms with Crippen molar-refractivity contribution in [1.82, 2.24) is 26.2 Å². The van der Waals surface area contributed by atoms with E-state index in [9.17, 15) is 24.0 Å². The molecule has 44 heavy (non-hydrogen) atoms. The lowest BCUT2D eigenvalue weighted by molar-refractivity contribution is -0.143. The third kappa shape index (κ3) is 8.02. The highest BCUT2D eigenvalue weighted by Gasteiger charge is 2.52. The Hall–Kier alpha value is -2.48. The third-order valence-corrected chi connectivity index (χ3v) is 11.5. The van der Waals surface area contributed by atoms with Gasteiger partial charge in [-0.25, -0.2) is 4.79 Å². The minimum Gasteiger partial charge on any atom is -0.363 e. The van der Waals surface area contributed by atoms with E-state index < -0.39 is 58.9 Å². The Morgan fingerprint density at radius 2 is 1.80 bits per heavy atom. The van der Waals surface area contributed by atoms with Crippen LogP contribution in [-0.2, 0) is 19.2 Å². The molecule has 1 saturated heterocycles. The van der Waals surface area contributed by atoms with Crippen LogP contribution in [0.3, 0.4) is 0 Å². The number of amides is 5. The number of halogens is 1. The average Bonchev–Trinajstić information content (AvgIpc) is 3.34. The first-order chi connectivity index (χ1) is 20.8. The van der Waals surface area contributed by atoms with E-state index in [1.54, 1.807) is 11.0 Å². The van der Waals surface area contributed by atoms with Gasteiger partial charge in [-0.3, -0.25) is 19.2 Å². The fourth-order valence-corrected chi connectivity index (χ4v) is 7.37. The monoisotopic (exact) mass is 724 g/mol. The standard InChI is InChI=1S/C32H49IN6O5/c1-5-31(2,3)38-30(44)36-24(20-12-7-6-8-13-20)29(43)39-17-21-14-15-32(4,18-33)37-23(21)25(39)28(42)35-22(26(40)27(34)41)16-19-10-9-11-19/h5,14-15,19-25,37H,1,6-13,16-18H2,2-4H3,(H2,34,41)(H,35,42)(H2,36,38,44)/t21?,22?,23?,24-,25-,32?/m0/s1. The summed E-state index contributed by atoms with van der Waals surface area (Å²) in [5, 5.41) is 12.3. The summed E-state index contributed by atoms with van der Waals surface area (Å²) in [4.78, 5) is 68.3. The third-order valence-electron chi connectivity index (χ3n) is 9.87.